The van der Waals surface area contributed by atoms with Crippen LogP contribution in [0.3, 0.4) is 0 Å². The third kappa shape index (κ3) is 2.98. The summed E-state index contributed by atoms with van der Waals surface area (Å²) in [5, 5.41) is 22.4. The van der Waals surface area contributed by atoms with Gasteiger partial charge in [-0.25, -0.2) is 0 Å². The average molecular weight is 228 g/mol. The minimum atomic E-state index is -0.159. The molecule has 0 atom stereocenters. The van der Waals surface area contributed by atoms with E-state index < -0.39 is 0 Å². The SMILES string of the molecule is Oc1ccc(/C=N/Nc2ccccc2)cc1O. The summed E-state index contributed by atoms with van der Waals surface area (Å²) in [6, 6.07) is 14.0. The van der Waals surface area contributed by atoms with Crippen molar-refractivity contribution in [1.29, 1.82) is 0 Å². The number of benzene rings is 2. The molecule has 0 saturated heterocycles. The molecule has 3 N–H and O–H groups in total. The van der Waals surface area contributed by atoms with E-state index in [2.05, 4.69) is 10.5 Å². The molecule has 2 rings (SSSR count). The maximum Gasteiger partial charge on any atom is 0.158 e. The van der Waals surface area contributed by atoms with Crippen LogP contribution in [0.5, 0.6) is 11.5 Å². The Labute approximate surface area is 98.9 Å². The second-order valence-electron chi connectivity index (χ2n) is 3.48. The maximum absolute atomic E-state index is 9.28. The topological polar surface area (TPSA) is 64.9 Å². The monoisotopic (exact) mass is 228 g/mol. The summed E-state index contributed by atoms with van der Waals surface area (Å²) in [6.45, 7) is 0. The third-order valence-electron chi connectivity index (χ3n) is 2.18. The number of para-hydroxylation sites is 1. The minimum Gasteiger partial charge on any atom is -0.504 e. The fourth-order valence-corrected chi connectivity index (χ4v) is 1.31. The van der Waals surface area contributed by atoms with Crippen molar-refractivity contribution in [2.75, 3.05) is 5.43 Å². The summed E-state index contributed by atoms with van der Waals surface area (Å²) in [5.74, 6) is -0.299. The van der Waals surface area contributed by atoms with E-state index >= 15 is 0 Å². The Morgan fingerprint density at radius 1 is 0.941 bits per heavy atom. The first kappa shape index (κ1) is 11.0. The number of nitrogens with one attached hydrogen (secondary N) is 1. The number of hydrogen-bond acceptors (Lipinski definition) is 4. The molecule has 0 aliphatic heterocycles. The van der Waals surface area contributed by atoms with Crippen LogP contribution in [-0.4, -0.2) is 16.4 Å². The van der Waals surface area contributed by atoms with Crippen LogP contribution < -0.4 is 5.43 Å². The van der Waals surface area contributed by atoms with Crippen LogP contribution in [-0.2, 0) is 0 Å². The van der Waals surface area contributed by atoms with Crippen molar-refractivity contribution in [3.63, 3.8) is 0 Å². The van der Waals surface area contributed by atoms with Crippen LogP contribution in [0, 0.1) is 0 Å². The van der Waals surface area contributed by atoms with Crippen molar-refractivity contribution in [3.8, 4) is 11.5 Å². The number of anilines is 1. The van der Waals surface area contributed by atoms with E-state index in [9.17, 15) is 5.11 Å². The molecule has 0 unspecified atom stereocenters. The highest BCUT2D eigenvalue weighted by Gasteiger charge is 1.97. The molecule has 4 heteroatoms. The van der Waals surface area contributed by atoms with Gasteiger partial charge in [0, 0.05) is 0 Å². The Bertz CT molecular complexity index is 524. The van der Waals surface area contributed by atoms with Crippen molar-refractivity contribution < 1.29 is 10.2 Å². The lowest BCUT2D eigenvalue weighted by atomic mass is 10.2. The van der Waals surface area contributed by atoms with Crippen molar-refractivity contribution in [2.45, 2.75) is 0 Å². The van der Waals surface area contributed by atoms with Crippen LogP contribution >= 0.6 is 0 Å². The van der Waals surface area contributed by atoms with Gasteiger partial charge < -0.3 is 10.2 Å². The second kappa shape index (κ2) is 5.03. The first-order valence-corrected chi connectivity index (χ1v) is 5.12. The number of phenols is 2. The summed E-state index contributed by atoms with van der Waals surface area (Å²) in [4.78, 5) is 0. The highest BCUT2D eigenvalue weighted by atomic mass is 16.3. The van der Waals surface area contributed by atoms with Gasteiger partial charge in [0.25, 0.3) is 0 Å². The summed E-state index contributed by atoms with van der Waals surface area (Å²) >= 11 is 0. The number of rotatable bonds is 3. The van der Waals surface area contributed by atoms with E-state index in [1.165, 1.54) is 12.1 Å². The first-order valence-electron chi connectivity index (χ1n) is 5.12. The molecule has 4 nitrogen and oxygen atoms in total. The molecule has 0 radical (unpaired) electrons. The summed E-state index contributed by atoms with van der Waals surface area (Å²) in [6.07, 6.45) is 1.56. The molecule has 2 aromatic rings. The van der Waals surface area contributed by atoms with Crippen LogP contribution in [0.15, 0.2) is 53.6 Å². The van der Waals surface area contributed by atoms with Crippen LogP contribution in [0.25, 0.3) is 0 Å². The van der Waals surface area contributed by atoms with Gasteiger partial charge >= 0.3 is 0 Å². The van der Waals surface area contributed by atoms with Gasteiger partial charge in [-0.3, -0.25) is 5.43 Å². The van der Waals surface area contributed by atoms with Gasteiger partial charge in [-0.05, 0) is 35.9 Å². The van der Waals surface area contributed by atoms with Crippen LogP contribution in [0.2, 0.25) is 0 Å². The zero-order valence-corrected chi connectivity index (χ0v) is 9.04. The molecule has 0 aromatic heterocycles. The fourth-order valence-electron chi connectivity index (χ4n) is 1.31. The van der Waals surface area contributed by atoms with Crippen molar-refractivity contribution in [2.24, 2.45) is 5.10 Å². The van der Waals surface area contributed by atoms with Crippen LogP contribution in [0.1, 0.15) is 5.56 Å². The Morgan fingerprint density at radius 2 is 1.71 bits per heavy atom. The van der Waals surface area contributed by atoms with E-state index in [0.717, 1.165) is 5.69 Å². The van der Waals surface area contributed by atoms with Gasteiger partial charge in [-0.2, -0.15) is 5.10 Å². The van der Waals surface area contributed by atoms with E-state index in [1.54, 1.807) is 12.3 Å². The van der Waals surface area contributed by atoms with E-state index in [0.29, 0.717) is 5.56 Å². The molecule has 0 saturated carbocycles. The number of hydrogen-bond donors (Lipinski definition) is 3. The highest BCUT2D eigenvalue weighted by molar-refractivity contribution is 5.81. The lowest BCUT2D eigenvalue weighted by Gasteiger charge is -2.00. The maximum atomic E-state index is 9.28. The number of hydrazone groups is 1. The van der Waals surface area contributed by atoms with Gasteiger partial charge in [0.15, 0.2) is 11.5 Å². The number of phenolic OH excluding ortho intramolecular Hbond substituents is 2. The Hall–Kier alpha value is -2.49. The molecule has 0 bridgehead atoms. The van der Waals surface area contributed by atoms with Gasteiger partial charge in [-0.15, -0.1) is 0 Å². The van der Waals surface area contributed by atoms with E-state index in [-0.39, 0.29) is 11.5 Å². The number of nitrogens with zero attached hydrogens (tertiary/aromatic N) is 1. The smallest absolute Gasteiger partial charge is 0.158 e. The molecule has 0 spiro atoms. The Balaban J connectivity index is 2.03. The molecule has 0 fully saturated rings. The predicted octanol–water partition coefficient (Wildman–Crippen LogP) is 2.54. The largest absolute Gasteiger partial charge is 0.504 e. The summed E-state index contributed by atoms with van der Waals surface area (Å²) in [7, 11) is 0. The highest BCUT2D eigenvalue weighted by Crippen LogP contribution is 2.23. The predicted molar refractivity (Wildman–Crippen MR) is 67.4 cm³/mol. The van der Waals surface area contributed by atoms with Gasteiger partial charge in [-0.1, -0.05) is 18.2 Å². The zero-order chi connectivity index (χ0) is 12.1. The fraction of sp³-hybridized carbons (Fsp3) is 0. The molecule has 17 heavy (non-hydrogen) atoms. The molecule has 0 aliphatic carbocycles. The summed E-state index contributed by atoms with van der Waals surface area (Å²) < 4.78 is 0. The van der Waals surface area contributed by atoms with E-state index in [1.807, 2.05) is 30.3 Å². The molecule has 0 aliphatic rings. The summed E-state index contributed by atoms with van der Waals surface area (Å²) in [5.41, 5.74) is 4.43. The van der Waals surface area contributed by atoms with Gasteiger partial charge in [0.1, 0.15) is 0 Å². The van der Waals surface area contributed by atoms with Crippen LogP contribution in [0.4, 0.5) is 5.69 Å². The average Bonchev–Trinajstić information content (AvgIpc) is 2.35. The molecular formula is C13H12N2O2. The van der Waals surface area contributed by atoms with Crippen molar-refractivity contribution in [3.05, 3.63) is 54.1 Å². The third-order valence-corrected chi connectivity index (χ3v) is 2.18. The van der Waals surface area contributed by atoms with Crippen molar-refractivity contribution >= 4 is 11.9 Å². The minimum absolute atomic E-state index is 0.141. The van der Waals surface area contributed by atoms with Gasteiger partial charge in [0.2, 0.25) is 0 Å². The second-order valence-corrected chi connectivity index (χ2v) is 3.48. The van der Waals surface area contributed by atoms with E-state index in [4.69, 9.17) is 5.11 Å². The molecule has 0 amide bonds. The molecule has 0 heterocycles. The molecule has 2 aromatic carbocycles. The van der Waals surface area contributed by atoms with Crippen molar-refractivity contribution in [1.82, 2.24) is 0 Å². The lowest BCUT2D eigenvalue weighted by molar-refractivity contribution is 0.403. The standard InChI is InChI=1S/C13H12N2O2/c16-12-7-6-10(8-13(12)17)9-14-15-11-4-2-1-3-5-11/h1-9,15-17H/b14-9+. The Kier molecular flexibility index (Phi) is 3.25. The van der Waals surface area contributed by atoms with Gasteiger partial charge in [0.05, 0.1) is 11.9 Å². The molecular weight excluding hydrogens is 216 g/mol. The number of aromatic hydroxyl groups is 2. The lowest BCUT2D eigenvalue weighted by Crippen LogP contribution is -1.89. The first-order chi connectivity index (χ1) is 8.25. The molecule has 86 valence electrons. The Morgan fingerprint density at radius 3 is 2.41 bits per heavy atom. The normalized spacial score (nSPS) is 10.6. The quantitative estimate of drug-likeness (QED) is 0.429. The zero-order valence-electron chi connectivity index (χ0n) is 9.04.